The highest BCUT2D eigenvalue weighted by Crippen LogP contribution is 2.40. The number of hydrogen-bond donors (Lipinski definition) is 1. The molecule has 2 saturated heterocycles. The maximum Gasteiger partial charge on any atom is 0.295 e. The third kappa shape index (κ3) is 5.41. The molecule has 8 nitrogen and oxygen atoms in total. The molecule has 0 saturated carbocycles. The van der Waals surface area contributed by atoms with Crippen molar-refractivity contribution in [3.63, 3.8) is 0 Å². The number of benzene rings is 3. The standard InChI is InChI=1S/C30H30N2O6/c1-36-23-12-10-21(11-13-23)28(33)26-27(22-6-5-9-25(20-22)38-24-7-3-2-4-8-24)32(30(35)29(26)34)15-14-31-16-18-37-19-17-31/h2-13,20,27,33H,14-19H2,1H3/t27-/m1/s1. The second-order valence-corrected chi connectivity index (χ2v) is 9.16. The Labute approximate surface area is 221 Å². The van der Waals surface area contributed by atoms with E-state index in [0.29, 0.717) is 54.7 Å². The minimum absolute atomic E-state index is 0.0546. The van der Waals surface area contributed by atoms with Crippen LogP contribution >= 0.6 is 0 Å². The van der Waals surface area contributed by atoms with Gasteiger partial charge in [-0.3, -0.25) is 14.5 Å². The first-order chi connectivity index (χ1) is 18.5. The first kappa shape index (κ1) is 25.5. The van der Waals surface area contributed by atoms with Crippen molar-refractivity contribution in [2.24, 2.45) is 0 Å². The van der Waals surface area contributed by atoms with Gasteiger partial charge in [0.25, 0.3) is 11.7 Å². The Bertz CT molecular complexity index is 1320. The first-order valence-electron chi connectivity index (χ1n) is 12.6. The average Bonchev–Trinajstić information content (AvgIpc) is 3.22. The summed E-state index contributed by atoms with van der Waals surface area (Å²) in [7, 11) is 1.55. The van der Waals surface area contributed by atoms with Gasteiger partial charge in [0.15, 0.2) is 0 Å². The number of ether oxygens (including phenoxy) is 3. The Morgan fingerprint density at radius 2 is 1.61 bits per heavy atom. The van der Waals surface area contributed by atoms with E-state index in [4.69, 9.17) is 14.2 Å². The van der Waals surface area contributed by atoms with E-state index in [1.165, 1.54) is 0 Å². The highest BCUT2D eigenvalue weighted by molar-refractivity contribution is 6.46. The molecule has 0 aromatic heterocycles. The van der Waals surface area contributed by atoms with Crippen LogP contribution in [0.3, 0.4) is 0 Å². The van der Waals surface area contributed by atoms with Gasteiger partial charge in [-0.05, 0) is 54.1 Å². The predicted molar refractivity (Wildman–Crippen MR) is 142 cm³/mol. The number of likely N-dealkylation sites (tertiary alicyclic amines) is 1. The zero-order valence-corrected chi connectivity index (χ0v) is 21.2. The topological polar surface area (TPSA) is 88.5 Å². The van der Waals surface area contributed by atoms with Crippen LogP contribution in [0, 0.1) is 0 Å². The molecule has 196 valence electrons. The molecule has 0 spiro atoms. The number of aliphatic hydroxyl groups excluding tert-OH is 1. The maximum absolute atomic E-state index is 13.4. The van der Waals surface area contributed by atoms with Crippen LogP contribution in [0.15, 0.2) is 84.4 Å². The molecule has 38 heavy (non-hydrogen) atoms. The van der Waals surface area contributed by atoms with Gasteiger partial charge in [-0.25, -0.2) is 0 Å². The van der Waals surface area contributed by atoms with Crippen molar-refractivity contribution in [3.8, 4) is 17.2 Å². The van der Waals surface area contributed by atoms with E-state index < -0.39 is 17.7 Å². The van der Waals surface area contributed by atoms with Gasteiger partial charge < -0.3 is 24.2 Å². The van der Waals surface area contributed by atoms with Crippen molar-refractivity contribution in [1.82, 2.24) is 9.80 Å². The molecule has 0 unspecified atom stereocenters. The van der Waals surface area contributed by atoms with Gasteiger partial charge >= 0.3 is 0 Å². The maximum atomic E-state index is 13.4. The zero-order valence-electron chi connectivity index (χ0n) is 21.2. The third-order valence-corrected chi connectivity index (χ3v) is 6.82. The van der Waals surface area contributed by atoms with Gasteiger partial charge in [0, 0.05) is 31.7 Å². The molecular weight excluding hydrogens is 484 g/mol. The molecule has 3 aromatic carbocycles. The van der Waals surface area contributed by atoms with Gasteiger partial charge in [-0.2, -0.15) is 0 Å². The van der Waals surface area contributed by atoms with Gasteiger partial charge in [0.1, 0.15) is 23.0 Å². The average molecular weight is 515 g/mol. The molecule has 1 atom stereocenters. The quantitative estimate of drug-likeness (QED) is 0.273. The third-order valence-electron chi connectivity index (χ3n) is 6.82. The highest BCUT2D eigenvalue weighted by Gasteiger charge is 2.46. The summed E-state index contributed by atoms with van der Waals surface area (Å²) in [5.74, 6) is 0.294. The monoisotopic (exact) mass is 514 g/mol. The first-order valence-corrected chi connectivity index (χ1v) is 12.6. The van der Waals surface area contributed by atoms with E-state index in [-0.39, 0.29) is 11.3 Å². The van der Waals surface area contributed by atoms with Crippen LogP contribution in [0.4, 0.5) is 0 Å². The number of ketones is 1. The van der Waals surface area contributed by atoms with E-state index >= 15 is 0 Å². The Kier molecular flexibility index (Phi) is 7.72. The number of amides is 1. The fourth-order valence-corrected chi connectivity index (χ4v) is 4.81. The Morgan fingerprint density at radius 3 is 2.32 bits per heavy atom. The lowest BCUT2D eigenvalue weighted by molar-refractivity contribution is -0.140. The van der Waals surface area contributed by atoms with Crippen molar-refractivity contribution >= 4 is 17.4 Å². The molecule has 2 aliphatic rings. The summed E-state index contributed by atoms with van der Waals surface area (Å²) < 4.78 is 16.7. The number of Topliss-reactive ketones (excluding diaryl/α,β-unsaturated/α-hetero) is 1. The number of morpholine rings is 1. The Hall–Kier alpha value is -4.14. The molecule has 2 heterocycles. The smallest absolute Gasteiger partial charge is 0.295 e. The molecule has 3 aromatic rings. The van der Waals surface area contributed by atoms with Gasteiger partial charge in [-0.15, -0.1) is 0 Å². The number of nitrogens with zero attached hydrogens (tertiary/aromatic N) is 2. The summed E-state index contributed by atoms with van der Waals surface area (Å²) in [4.78, 5) is 30.4. The van der Waals surface area contributed by atoms with Crippen molar-refractivity contribution in [2.45, 2.75) is 6.04 Å². The van der Waals surface area contributed by atoms with Crippen LogP contribution in [0.5, 0.6) is 17.2 Å². The molecule has 0 bridgehead atoms. The molecule has 0 radical (unpaired) electrons. The van der Waals surface area contributed by atoms with Crippen LogP contribution in [-0.2, 0) is 14.3 Å². The van der Waals surface area contributed by atoms with E-state index in [0.717, 1.165) is 13.1 Å². The normalized spacial score (nSPS) is 19.5. The molecule has 2 fully saturated rings. The van der Waals surface area contributed by atoms with E-state index in [9.17, 15) is 14.7 Å². The van der Waals surface area contributed by atoms with Crippen molar-refractivity contribution < 1.29 is 28.9 Å². The van der Waals surface area contributed by atoms with Crippen LogP contribution in [0.25, 0.3) is 5.76 Å². The van der Waals surface area contributed by atoms with Crippen LogP contribution in [-0.4, -0.2) is 73.1 Å². The van der Waals surface area contributed by atoms with Crippen molar-refractivity contribution in [3.05, 3.63) is 95.6 Å². The Balaban J connectivity index is 1.53. The summed E-state index contributed by atoms with van der Waals surface area (Å²) in [5, 5.41) is 11.3. The van der Waals surface area contributed by atoms with E-state index in [1.807, 2.05) is 54.6 Å². The number of hydrogen-bond acceptors (Lipinski definition) is 7. The summed E-state index contributed by atoms with van der Waals surface area (Å²) in [6, 6.07) is 22.6. The second-order valence-electron chi connectivity index (χ2n) is 9.16. The SMILES string of the molecule is COc1ccc(C(O)=C2C(=O)C(=O)N(CCN3CCOCC3)[C@@H]2c2cccc(Oc3ccccc3)c2)cc1. The van der Waals surface area contributed by atoms with Crippen molar-refractivity contribution in [2.75, 3.05) is 46.5 Å². The number of aliphatic hydroxyl groups is 1. The summed E-state index contributed by atoms with van der Waals surface area (Å²) in [5.41, 5.74) is 1.16. The largest absolute Gasteiger partial charge is 0.507 e. The predicted octanol–water partition coefficient (Wildman–Crippen LogP) is 4.24. The minimum atomic E-state index is -0.766. The number of carbonyl (C=O) groups excluding carboxylic acids is 2. The lowest BCUT2D eigenvalue weighted by atomic mass is 9.95. The highest BCUT2D eigenvalue weighted by atomic mass is 16.5. The van der Waals surface area contributed by atoms with E-state index in [2.05, 4.69) is 4.90 Å². The zero-order chi connectivity index (χ0) is 26.5. The number of rotatable bonds is 8. The molecule has 0 aliphatic carbocycles. The lowest BCUT2D eigenvalue weighted by Crippen LogP contribution is -2.42. The van der Waals surface area contributed by atoms with Crippen LogP contribution < -0.4 is 9.47 Å². The van der Waals surface area contributed by atoms with Crippen LogP contribution in [0.1, 0.15) is 17.2 Å². The summed E-state index contributed by atoms with van der Waals surface area (Å²) in [6.45, 7) is 3.73. The summed E-state index contributed by atoms with van der Waals surface area (Å²) >= 11 is 0. The summed E-state index contributed by atoms with van der Waals surface area (Å²) in [6.07, 6.45) is 0. The molecular formula is C30H30N2O6. The fraction of sp³-hybridized carbons (Fsp3) is 0.267. The molecule has 8 heteroatoms. The molecule has 2 aliphatic heterocycles. The molecule has 5 rings (SSSR count). The van der Waals surface area contributed by atoms with Crippen molar-refractivity contribution in [1.29, 1.82) is 0 Å². The van der Waals surface area contributed by atoms with Gasteiger partial charge in [0.2, 0.25) is 0 Å². The van der Waals surface area contributed by atoms with Gasteiger partial charge in [0.05, 0.1) is 31.9 Å². The van der Waals surface area contributed by atoms with Gasteiger partial charge in [-0.1, -0.05) is 30.3 Å². The number of carbonyl (C=O) groups is 2. The second kappa shape index (κ2) is 11.5. The number of para-hydroxylation sites is 1. The Morgan fingerprint density at radius 1 is 0.895 bits per heavy atom. The lowest BCUT2D eigenvalue weighted by Gasteiger charge is -2.31. The molecule has 1 amide bonds. The minimum Gasteiger partial charge on any atom is -0.507 e. The number of methoxy groups -OCH3 is 1. The van der Waals surface area contributed by atoms with E-state index in [1.54, 1.807) is 36.3 Å². The molecule has 1 N–H and O–H groups in total. The van der Waals surface area contributed by atoms with Crippen LogP contribution in [0.2, 0.25) is 0 Å². The fourth-order valence-electron chi connectivity index (χ4n) is 4.81.